The molecule has 1 aliphatic rings. The van der Waals surface area contributed by atoms with Crippen molar-refractivity contribution in [2.24, 2.45) is 0 Å². The van der Waals surface area contributed by atoms with Gasteiger partial charge in [-0.1, -0.05) is 30.3 Å². The van der Waals surface area contributed by atoms with Gasteiger partial charge in [0.05, 0.1) is 17.8 Å². The summed E-state index contributed by atoms with van der Waals surface area (Å²) in [5.74, 6) is -0.131. The Morgan fingerprint density at radius 2 is 1.62 bits per heavy atom. The number of piperazine rings is 1. The van der Waals surface area contributed by atoms with Crippen molar-refractivity contribution in [2.75, 3.05) is 38.0 Å². The number of carbonyl (C=O) groups is 2. The second-order valence-corrected chi connectivity index (χ2v) is 6.14. The summed E-state index contributed by atoms with van der Waals surface area (Å²) in [6.07, 6.45) is 0. The van der Waals surface area contributed by atoms with Gasteiger partial charge in [-0.05, 0) is 24.3 Å². The Morgan fingerprint density at radius 1 is 0.962 bits per heavy atom. The zero-order valence-electron chi connectivity index (χ0n) is 14.4. The van der Waals surface area contributed by atoms with Crippen LogP contribution in [0.15, 0.2) is 54.6 Å². The zero-order valence-corrected chi connectivity index (χ0v) is 14.4. The molecule has 0 spiro atoms. The summed E-state index contributed by atoms with van der Waals surface area (Å²) < 4.78 is 0. The van der Waals surface area contributed by atoms with E-state index in [4.69, 9.17) is 5.26 Å². The predicted octanol–water partition coefficient (Wildman–Crippen LogP) is 1.95. The van der Waals surface area contributed by atoms with Gasteiger partial charge in [0, 0.05) is 31.7 Å². The maximum atomic E-state index is 12.4. The minimum atomic E-state index is -0.157. The Hall–Kier alpha value is -3.17. The highest BCUT2D eigenvalue weighted by molar-refractivity contribution is 5.94. The maximum absolute atomic E-state index is 12.4. The fourth-order valence-electron chi connectivity index (χ4n) is 2.95. The first-order valence-electron chi connectivity index (χ1n) is 8.53. The Kier molecular flexibility index (Phi) is 5.62. The van der Waals surface area contributed by atoms with Crippen LogP contribution in [0.1, 0.15) is 15.9 Å². The average molecular weight is 348 g/mol. The van der Waals surface area contributed by atoms with E-state index in [1.807, 2.05) is 40.1 Å². The first kappa shape index (κ1) is 17.6. The number of amides is 2. The van der Waals surface area contributed by atoms with Crippen molar-refractivity contribution in [1.82, 2.24) is 9.80 Å². The molecule has 26 heavy (non-hydrogen) atoms. The summed E-state index contributed by atoms with van der Waals surface area (Å²) in [7, 11) is 0. The number of benzene rings is 2. The highest BCUT2D eigenvalue weighted by atomic mass is 16.2. The van der Waals surface area contributed by atoms with E-state index in [1.165, 1.54) is 0 Å². The van der Waals surface area contributed by atoms with Gasteiger partial charge < -0.3 is 10.2 Å². The summed E-state index contributed by atoms with van der Waals surface area (Å²) in [5.41, 5.74) is 1.66. The summed E-state index contributed by atoms with van der Waals surface area (Å²) in [5, 5.41) is 11.9. The van der Waals surface area contributed by atoms with Gasteiger partial charge in [0.25, 0.3) is 5.91 Å². The number of nitriles is 1. The molecule has 6 heteroatoms. The molecule has 0 atom stereocenters. The number of hydrogen-bond acceptors (Lipinski definition) is 4. The summed E-state index contributed by atoms with van der Waals surface area (Å²) in [4.78, 5) is 28.5. The molecule has 1 heterocycles. The highest BCUT2D eigenvalue weighted by Gasteiger charge is 2.23. The van der Waals surface area contributed by atoms with Crippen molar-refractivity contribution in [3.05, 3.63) is 65.7 Å². The lowest BCUT2D eigenvalue weighted by atomic mass is 10.2. The summed E-state index contributed by atoms with van der Waals surface area (Å²) >= 11 is 0. The lowest BCUT2D eigenvalue weighted by Gasteiger charge is -2.34. The molecule has 1 saturated heterocycles. The molecular weight excluding hydrogens is 328 g/mol. The third-order valence-corrected chi connectivity index (χ3v) is 4.37. The molecular formula is C20H20N4O2. The fraction of sp³-hybridized carbons (Fsp3) is 0.250. The molecule has 3 rings (SSSR count). The first-order chi connectivity index (χ1) is 12.7. The number of carbonyl (C=O) groups excluding carboxylic acids is 2. The molecule has 0 bridgehead atoms. The molecule has 0 aliphatic carbocycles. The Labute approximate surface area is 152 Å². The van der Waals surface area contributed by atoms with Gasteiger partial charge in [-0.2, -0.15) is 5.26 Å². The molecule has 2 aromatic rings. The topological polar surface area (TPSA) is 76.4 Å². The number of hydrogen-bond donors (Lipinski definition) is 1. The molecule has 0 radical (unpaired) electrons. The van der Waals surface area contributed by atoms with Crippen LogP contribution in [-0.4, -0.2) is 54.3 Å². The van der Waals surface area contributed by atoms with Gasteiger partial charge in [-0.3, -0.25) is 14.5 Å². The van der Waals surface area contributed by atoms with E-state index >= 15 is 0 Å². The molecule has 6 nitrogen and oxygen atoms in total. The molecule has 1 fully saturated rings. The lowest BCUT2D eigenvalue weighted by molar-refractivity contribution is -0.117. The molecule has 0 aromatic heterocycles. The number of para-hydroxylation sites is 1. The predicted molar refractivity (Wildman–Crippen MR) is 98.6 cm³/mol. The Balaban J connectivity index is 1.50. The molecule has 0 saturated carbocycles. The fourth-order valence-corrected chi connectivity index (χ4v) is 2.95. The van der Waals surface area contributed by atoms with Crippen LogP contribution in [0.5, 0.6) is 0 Å². The molecule has 132 valence electrons. The molecule has 2 amide bonds. The third kappa shape index (κ3) is 4.26. The molecule has 0 unspecified atom stereocenters. The highest BCUT2D eigenvalue weighted by Crippen LogP contribution is 2.14. The van der Waals surface area contributed by atoms with Crippen molar-refractivity contribution in [1.29, 1.82) is 5.26 Å². The first-order valence-corrected chi connectivity index (χ1v) is 8.53. The van der Waals surface area contributed by atoms with E-state index in [-0.39, 0.29) is 18.4 Å². The zero-order chi connectivity index (χ0) is 18.4. The monoisotopic (exact) mass is 348 g/mol. The number of nitrogens with one attached hydrogen (secondary N) is 1. The minimum Gasteiger partial charge on any atom is -0.336 e. The lowest BCUT2D eigenvalue weighted by Crippen LogP contribution is -2.50. The second kappa shape index (κ2) is 8.28. The van der Waals surface area contributed by atoms with Gasteiger partial charge >= 0.3 is 0 Å². The van der Waals surface area contributed by atoms with E-state index in [9.17, 15) is 9.59 Å². The van der Waals surface area contributed by atoms with E-state index in [1.54, 1.807) is 24.3 Å². The van der Waals surface area contributed by atoms with Crippen LogP contribution in [0.2, 0.25) is 0 Å². The van der Waals surface area contributed by atoms with E-state index in [0.717, 1.165) is 0 Å². The molecule has 2 aromatic carbocycles. The minimum absolute atomic E-state index is 0.0256. The standard InChI is InChI=1S/C20H20N4O2/c21-14-17-8-4-5-9-18(17)22-19(25)15-23-10-12-24(13-11-23)20(26)16-6-2-1-3-7-16/h1-9H,10-13,15H2,(H,22,25). The van der Waals surface area contributed by atoms with E-state index in [0.29, 0.717) is 43.0 Å². The molecule has 1 aliphatic heterocycles. The van der Waals surface area contributed by atoms with Gasteiger partial charge in [0.15, 0.2) is 0 Å². The van der Waals surface area contributed by atoms with E-state index in [2.05, 4.69) is 11.4 Å². The number of anilines is 1. The van der Waals surface area contributed by atoms with Crippen LogP contribution in [-0.2, 0) is 4.79 Å². The van der Waals surface area contributed by atoms with Crippen LogP contribution >= 0.6 is 0 Å². The van der Waals surface area contributed by atoms with Crippen LogP contribution in [0, 0.1) is 11.3 Å². The van der Waals surface area contributed by atoms with Crippen molar-refractivity contribution < 1.29 is 9.59 Å². The average Bonchev–Trinajstić information content (AvgIpc) is 2.69. The molecule has 1 N–H and O–H groups in total. The quantitative estimate of drug-likeness (QED) is 0.916. The SMILES string of the molecule is N#Cc1ccccc1NC(=O)CN1CCN(C(=O)c2ccccc2)CC1. The largest absolute Gasteiger partial charge is 0.336 e. The Morgan fingerprint density at radius 3 is 2.31 bits per heavy atom. The van der Waals surface area contributed by atoms with Gasteiger partial charge in [0.1, 0.15) is 6.07 Å². The van der Waals surface area contributed by atoms with Crippen LogP contribution in [0.4, 0.5) is 5.69 Å². The van der Waals surface area contributed by atoms with Gasteiger partial charge in [-0.15, -0.1) is 0 Å². The third-order valence-electron chi connectivity index (χ3n) is 4.37. The smallest absolute Gasteiger partial charge is 0.253 e. The van der Waals surface area contributed by atoms with Crippen LogP contribution < -0.4 is 5.32 Å². The normalized spacial score (nSPS) is 14.5. The maximum Gasteiger partial charge on any atom is 0.253 e. The number of nitrogens with zero attached hydrogens (tertiary/aromatic N) is 3. The van der Waals surface area contributed by atoms with Gasteiger partial charge in [-0.25, -0.2) is 0 Å². The summed E-state index contributed by atoms with van der Waals surface area (Å²) in [6, 6.07) is 18.2. The Bertz CT molecular complexity index is 821. The van der Waals surface area contributed by atoms with Crippen LogP contribution in [0.25, 0.3) is 0 Å². The van der Waals surface area contributed by atoms with Crippen molar-refractivity contribution in [3.8, 4) is 6.07 Å². The van der Waals surface area contributed by atoms with Crippen molar-refractivity contribution in [3.63, 3.8) is 0 Å². The number of rotatable bonds is 4. The van der Waals surface area contributed by atoms with Crippen molar-refractivity contribution >= 4 is 17.5 Å². The summed E-state index contributed by atoms with van der Waals surface area (Å²) in [6.45, 7) is 2.72. The van der Waals surface area contributed by atoms with Gasteiger partial charge in [0.2, 0.25) is 5.91 Å². The second-order valence-electron chi connectivity index (χ2n) is 6.14. The van der Waals surface area contributed by atoms with Crippen molar-refractivity contribution in [2.45, 2.75) is 0 Å². The van der Waals surface area contributed by atoms with E-state index < -0.39 is 0 Å². The van der Waals surface area contributed by atoms with Crippen LogP contribution in [0.3, 0.4) is 0 Å².